The maximum Gasteiger partial charge on any atom is 0.326 e. The minimum absolute atomic E-state index is 0.0712. The Balaban J connectivity index is 1.83. The second-order valence-corrected chi connectivity index (χ2v) is 5.49. The molecule has 2 heterocycles. The van der Waals surface area contributed by atoms with Crippen molar-refractivity contribution in [1.82, 2.24) is 10.2 Å². The van der Waals surface area contributed by atoms with E-state index in [0.29, 0.717) is 6.54 Å². The third-order valence-electron chi connectivity index (χ3n) is 3.05. The SMILES string of the molecule is O=C(O)[C@H]1C[C@@H](O)CN1C(=O)NCCc1cccs1. The van der Waals surface area contributed by atoms with E-state index in [0.717, 1.165) is 11.3 Å². The third-order valence-corrected chi connectivity index (χ3v) is 3.99. The first-order valence-electron chi connectivity index (χ1n) is 6.05. The number of nitrogens with one attached hydrogen (secondary N) is 1. The quantitative estimate of drug-likeness (QED) is 0.752. The molecule has 0 saturated carbocycles. The van der Waals surface area contributed by atoms with Crippen molar-refractivity contribution >= 4 is 23.3 Å². The van der Waals surface area contributed by atoms with Gasteiger partial charge in [-0.05, 0) is 17.9 Å². The lowest BCUT2D eigenvalue weighted by Gasteiger charge is -2.21. The molecule has 1 saturated heterocycles. The van der Waals surface area contributed by atoms with Crippen LogP contribution in [0.3, 0.4) is 0 Å². The molecule has 1 aromatic heterocycles. The minimum atomic E-state index is -1.08. The Kier molecular flexibility index (Phi) is 4.39. The van der Waals surface area contributed by atoms with Gasteiger partial charge in [0, 0.05) is 24.4 Å². The smallest absolute Gasteiger partial charge is 0.326 e. The molecule has 0 unspecified atom stereocenters. The maximum atomic E-state index is 11.9. The summed E-state index contributed by atoms with van der Waals surface area (Å²) in [7, 11) is 0. The number of nitrogens with zero attached hydrogens (tertiary/aromatic N) is 1. The predicted octanol–water partition coefficient (Wildman–Crippen LogP) is 0.520. The number of aliphatic carboxylic acids is 1. The lowest BCUT2D eigenvalue weighted by atomic mass is 10.2. The first-order valence-corrected chi connectivity index (χ1v) is 6.93. The summed E-state index contributed by atoms with van der Waals surface area (Å²) in [6.07, 6.45) is 0.0507. The average Bonchev–Trinajstić information content (AvgIpc) is 2.98. The van der Waals surface area contributed by atoms with Crippen LogP contribution in [-0.4, -0.2) is 52.3 Å². The van der Waals surface area contributed by atoms with Crippen LogP contribution in [0, 0.1) is 0 Å². The van der Waals surface area contributed by atoms with Gasteiger partial charge in [-0.25, -0.2) is 9.59 Å². The number of β-amino-alcohol motifs (C(OH)–C–C–N with tert-alkyl or cyclic N) is 1. The Morgan fingerprint density at radius 2 is 2.32 bits per heavy atom. The second kappa shape index (κ2) is 6.03. The molecule has 1 aliphatic heterocycles. The van der Waals surface area contributed by atoms with Crippen molar-refractivity contribution < 1.29 is 19.8 Å². The standard InChI is InChI=1S/C12H16N2O4S/c15-8-6-10(11(16)17)14(7-8)12(18)13-4-3-9-2-1-5-19-9/h1-2,5,8,10,15H,3-4,6-7H2,(H,13,18)(H,16,17)/t8-,10-/m1/s1. The van der Waals surface area contributed by atoms with Crippen LogP contribution in [-0.2, 0) is 11.2 Å². The lowest BCUT2D eigenvalue weighted by Crippen LogP contribution is -2.46. The summed E-state index contributed by atoms with van der Waals surface area (Å²) in [5, 5.41) is 23.1. The highest BCUT2D eigenvalue weighted by molar-refractivity contribution is 7.09. The number of hydrogen-bond donors (Lipinski definition) is 3. The lowest BCUT2D eigenvalue weighted by molar-refractivity contribution is -0.141. The van der Waals surface area contributed by atoms with Gasteiger partial charge in [0.05, 0.1) is 6.10 Å². The van der Waals surface area contributed by atoms with Gasteiger partial charge in [0.2, 0.25) is 0 Å². The van der Waals surface area contributed by atoms with E-state index in [1.54, 1.807) is 11.3 Å². The zero-order valence-corrected chi connectivity index (χ0v) is 11.1. The van der Waals surface area contributed by atoms with E-state index >= 15 is 0 Å². The largest absolute Gasteiger partial charge is 0.480 e. The topological polar surface area (TPSA) is 89.9 Å². The summed E-state index contributed by atoms with van der Waals surface area (Å²) in [6.45, 7) is 0.528. The van der Waals surface area contributed by atoms with Crippen molar-refractivity contribution in [1.29, 1.82) is 0 Å². The van der Waals surface area contributed by atoms with E-state index < -0.39 is 24.1 Å². The van der Waals surface area contributed by atoms with Crippen molar-refractivity contribution in [2.24, 2.45) is 0 Å². The number of aliphatic hydroxyl groups excluding tert-OH is 1. The fraction of sp³-hybridized carbons (Fsp3) is 0.500. The van der Waals surface area contributed by atoms with Crippen molar-refractivity contribution in [3.63, 3.8) is 0 Å². The van der Waals surface area contributed by atoms with E-state index in [4.69, 9.17) is 5.11 Å². The summed E-state index contributed by atoms with van der Waals surface area (Å²) in [5.41, 5.74) is 0. The van der Waals surface area contributed by atoms with Crippen LogP contribution >= 0.6 is 11.3 Å². The van der Waals surface area contributed by atoms with Gasteiger partial charge in [-0.1, -0.05) is 6.07 Å². The van der Waals surface area contributed by atoms with Gasteiger partial charge in [-0.2, -0.15) is 0 Å². The normalized spacial score (nSPS) is 22.5. The van der Waals surface area contributed by atoms with Crippen molar-refractivity contribution in [2.45, 2.75) is 25.0 Å². The molecular formula is C12H16N2O4S. The Hall–Kier alpha value is -1.60. The van der Waals surface area contributed by atoms with Gasteiger partial charge < -0.3 is 20.4 Å². The summed E-state index contributed by atoms with van der Waals surface area (Å²) >= 11 is 1.61. The summed E-state index contributed by atoms with van der Waals surface area (Å²) in [5.74, 6) is -1.08. The molecule has 104 valence electrons. The van der Waals surface area contributed by atoms with Gasteiger partial charge in [0.1, 0.15) is 6.04 Å². The fourth-order valence-corrected chi connectivity index (χ4v) is 2.83. The number of thiophene rings is 1. The molecule has 7 heteroatoms. The number of carbonyl (C=O) groups excluding carboxylic acids is 1. The number of aliphatic hydroxyl groups is 1. The zero-order chi connectivity index (χ0) is 13.8. The van der Waals surface area contributed by atoms with Crippen LogP contribution in [0.2, 0.25) is 0 Å². The number of amides is 2. The van der Waals surface area contributed by atoms with E-state index in [1.165, 1.54) is 4.90 Å². The molecule has 0 radical (unpaired) electrons. The van der Waals surface area contributed by atoms with Crippen LogP contribution in [0.15, 0.2) is 17.5 Å². The maximum absolute atomic E-state index is 11.9. The number of rotatable bonds is 4. The number of hydrogen-bond acceptors (Lipinski definition) is 4. The molecule has 2 atom stereocenters. The molecule has 3 N–H and O–H groups in total. The molecule has 19 heavy (non-hydrogen) atoms. The van der Waals surface area contributed by atoms with E-state index in [-0.39, 0.29) is 13.0 Å². The molecule has 0 bridgehead atoms. The highest BCUT2D eigenvalue weighted by atomic mass is 32.1. The van der Waals surface area contributed by atoms with Crippen LogP contribution in [0.25, 0.3) is 0 Å². The number of urea groups is 1. The molecule has 0 aliphatic carbocycles. The number of likely N-dealkylation sites (tertiary alicyclic amines) is 1. The van der Waals surface area contributed by atoms with Crippen LogP contribution in [0.5, 0.6) is 0 Å². The number of carboxylic acids is 1. The predicted molar refractivity (Wildman–Crippen MR) is 70.2 cm³/mol. The molecule has 1 aliphatic rings. The number of carbonyl (C=O) groups is 2. The van der Waals surface area contributed by atoms with Crippen molar-refractivity contribution in [2.75, 3.05) is 13.1 Å². The molecular weight excluding hydrogens is 268 g/mol. The van der Waals surface area contributed by atoms with E-state index in [2.05, 4.69) is 5.32 Å². The first-order chi connectivity index (χ1) is 9.08. The monoisotopic (exact) mass is 284 g/mol. The molecule has 0 aromatic carbocycles. The second-order valence-electron chi connectivity index (χ2n) is 4.46. The van der Waals surface area contributed by atoms with Crippen molar-refractivity contribution in [3.05, 3.63) is 22.4 Å². The Labute approximate surface area is 114 Å². The van der Waals surface area contributed by atoms with Crippen LogP contribution in [0.1, 0.15) is 11.3 Å². The van der Waals surface area contributed by atoms with Gasteiger partial charge in [0.15, 0.2) is 0 Å². The Morgan fingerprint density at radius 1 is 1.53 bits per heavy atom. The van der Waals surface area contributed by atoms with Crippen LogP contribution in [0.4, 0.5) is 4.79 Å². The molecule has 2 rings (SSSR count). The van der Waals surface area contributed by atoms with Gasteiger partial charge in [-0.15, -0.1) is 11.3 Å². The minimum Gasteiger partial charge on any atom is -0.480 e. The molecule has 1 aromatic rings. The van der Waals surface area contributed by atoms with Gasteiger partial charge in [0.25, 0.3) is 0 Å². The molecule has 1 fully saturated rings. The summed E-state index contributed by atoms with van der Waals surface area (Å²) in [4.78, 5) is 25.2. The summed E-state index contributed by atoms with van der Waals surface area (Å²) in [6, 6.07) is 2.56. The Morgan fingerprint density at radius 3 is 2.95 bits per heavy atom. The highest BCUT2D eigenvalue weighted by Crippen LogP contribution is 2.18. The molecule has 6 nitrogen and oxygen atoms in total. The fourth-order valence-electron chi connectivity index (χ4n) is 2.12. The van der Waals surface area contributed by atoms with E-state index in [1.807, 2.05) is 17.5 Å². The van der Waals surface area contributed by atoms with Gasteiger partial charge in [-0.3, -0.25) is 0 Å². The number of carboxylic acid groups (broad SMARTS) is 1. The zero-order valence-electron chi connectivity index (χ0n) is 10.3. The van der Waals surface area contributed by atoms with E-state index in [9.17, 15) is 14.7 Å². The third kappa shape index (κ3) is 3.45. The summed E-state index contributed by atoms with van der Waals surface area (Å²) < 4.78 is 0. The molecule has 0 spiro atoms. The van der Waals surface area contributed by atoms with Crippen molar-refractivity contribution in [3.8, 4) is 0 Å². The van der Waals surface area contributed by atoms with Crippen LogP contribution < -0.4 is 5.32 Å². The highest BCUT2D eigenvalue weighted by Gasteiger charge is 2.38. The Bertz CT molecular complexity index is 449. The first kappa shape index (κ1) is 13.8. The average molecular weight is 284 g/mol. The van der Waals surface area contributed by atoms with Gasteiger partial charge >= 0.3 is 12.0 Å². The molecule has 2 amide bonds.